The summed E-state index contributed by atoms with van der Waals surface area (Å²) >= 11 is 0. The Morgan fingerprint density at radius 1 is 1.22 bits per heavy atom. The number of ether oxygens (including phenoxy) is 2. The lowest BCUT2D eigenvalue weighted by molar-refractivity contribution is -0.135. The van der Waals surface area contributed by atoms with Gasteiger partial charge in [0.05, 0.1) is 0 Å². The second-order valence-electron chi connectivity index (χ2n) is 6.11. The van der Waals surface area contributed by atoms with Crippen LogP contribution in [0.25, 0.3) is 0 Å². The minimum absolute atomic E-state index is 0.0870. The second-order valence-corrected chi connectivity index (χ2v) is 6.11. The van der Waals surface area contributed by atoms with Crippen molar-refractivity contribution in [2.24, 2.45) is 5.92 Å². The van der Waals surface area contributed by atoms with Crippen LogP contribution in [0.5, 0.6) is 11.5 Å². The second kappa shape index (κ2) is 6.28. The summed E-state index contributed by atoms with van der Waals surface area (Å²) < 4.78 is 10.9. The number of H-pyrrole nitrogens is 1. The van der Waals surface area contributed by atoms with Gasteiger partial charge in [0, 0.05) is 24.6 Å². The third kappa shape index (κ3) is 3.44. The maximum Gasteiger partial charge on any atom is 0.301 e. The molecule has 0 saturated carbocycles. The molecule has 0 radical (unpaired) electrons. The molecule has 0 spiro atoms. The van der Waals surface area contributed by atoms with Crippen molar-refractivity contribution in [3.63, 3.8) is 0 Å². The van der Waals surface area contributed by atoms with Crippen LogP contribution in [0.4, 0.5) is 0 Å². The van der Waals surface area contributed by atoms with Crippen molar-refractivity contribution in [2.45, 2.75) is 33.0 Å². The van der Waals surface area contributed by atoms with Gasteiger partial charge in [-0.05, 0) is 11.5 Å². The molecule has 0 unspecified atom stereocenters. The van der Waals surface area contributed by atoms with E-state index in [1.165, 1.54) is 0 Å². The number of rotatable bonds is 5. The third-order valence-electron chi connectivity index (χ3n) is 3.58. The Kier molecular flexibility index (Phi) is 4.19. The quantitative estimate of drug-likeness (QED) is 0.921. The Morgan fingerprint density at radius 2 is 1.96 bits per heavy atom. The van der Waals surface area contributed by atoms with Crippen molar-refractivity contribution >= 4 is 5.78 Å². The van der Waals surface area contributed by atoms with Gasteiger partial charge in [0.15, 0.2) is 5.75 Å². The van der Waals surface area contributed by atoms with E-state index < -0.39 is 6.29 Å². The van der Waals surface area contributed by atoms with Gasteiger partial charge < -0.3 is 14.5 Å². The summed E-state index contributed by atoms with van der Waals surface area (Å²) in [5, 5.41) is 0. The summed E-state index contributed by atoms with van der Waals surface area (Å²) in [5.74, 6) is 0.483. The molecule has 1 N–H and O–H groups in total. The average molecular weight is 313 g/mol. The Morgan fingerprint density at radius 3 is 2.65 bits per heavy atom. The van der Waals surface area contributed by atoms with E-state index >= 15 is 0 Å². The Labute approximate surface area is 134 Å². The van der Waals surface area contributed by atoms with Crippen LogP contribution in [0.1, 0.15) is 31.5 Å². The highest BCUT2D eigenvalue weighted by Gasteiger charge is 2.33. The Balaban J connectivity index is 1.80. The molecule has 2 heterocycles. The van der Waals surface area contributed by atoms with E-state index in [1.54, 1.807) is 6.07 Å². The molecule has 0 aliphatic carbocycles. The van der Waals surface area contributed by atoms with Crippen LogP contribution in [-0.4, -0.2) is 17.1 Å². The molecule has 1 aliphatic heterocycles. The van der Waals surface area contributed by atoms with Gasteiger partial charge in [-0.3, -0.25) is 9.59 Å². The molecular weight excluding hydrogens is 294 g/mol. The standard InChI is InChI=1S/C18H19NO4/c1-11(2)8-14(20)18-22-15-10-13(19-17(21)16(15)23-18)9-12-6-4-3-5-7-12/h3-7,10-11,18H,8-9H2,1-2H3,(H,19,21)/t18-/m1/s1. The van der Waals surface area contributed by atoms with Crippen LogP contribution in [0.15, 0.2) is 41.2 Å². The minimum Gasteiger partial charge on any atom is -0.444 e. The SMILES string of the molecule is CC(C)CC(=O)[C@@H]1Oc2cc(Cc3ccccc3)[nH]c(=O)c2O1. The average Bonchev–Trinajstić information content (AvgIpc) is 2.92. The van der Waals surface area contributed by atoms with Gasteiger partial charge in [-0.25, -0.2) is 0 Å². The molecule has 5 heteroatoms. The van der Waals surface area contributed by atoms with E-state index in [1.807, 2.05) is 44.2 Å². The van der Waals surface area contributed by atoms with Crippen molar-refractivity contribution in [3.05, 3.63) is 58.0 Å². The van der Waals surface area contributed by atoms with Crippen molar-refractivity contribution < 1.29 is 14.3 Å². The molecule has 1 aromatic carbocycles. The van der Waals surface area contributed by atoms with Crippen LogP contribution >= 0.6 is 0 Å². The topological polar surface area (TPSA) is 68.4 Å². The van der Waals surface area contributed by atoms with Crippen molar-refractivity contribution in [1.29, 1.82) is 0 Å². The number of fused-ring (bicyclic) bond motifs is 1. The highest BCUT2D eigenvalue weighted by atomic mass is 16.7. The molecule has 0 bridgehead atoms. The molecule has 0 saturated heterocycles. The molecule has 1 aliphatic rings. The van der Waals surface area contributed by atoms with Gasteiger partial charge >= 0.3 is 6.29 Å². The number of hydrogen-bond acceptors (Lipinski definition) is 4. The number of aromatic amines is 1. The molecule has 1 atom stereocenters. The number of hydrogen-bond donors (Lipinski definition) is 1. The zero-order valence-corrected chi connectivity index (χ0v) is 13.2. The molecule has 120 valence electrons. The first-order valence-corrected chi connectivity index (χ1v) is 7.69. The Hall–Kier alpha value is -2.56. The molecular formula is C18H19NO4. The molecule has 2 aromatic rings. The zero-order chi connectivity index (χ0) is 16.4. The van der Waals surface area contributed by atoms with Crippen LogP contribution < -0.4 is 15.0 Å². The van der Waals surface area contributed by atoms with Crippen LogP contribution in [-0.2, 0) is 11.2 Å². The lowest BCUT2D eigenvalue weighted by atomic mass is 10.1. The van der Waals surface area contributed by atoms with Crippen LogP contribution in [0.2, 0.25) is 0 Å². The van der Waals surface area contributed by atoms with E-state index in [0.29, 0.717) is 18.6 Å². The van der Waals surface area contributed by atoms with E-state index in [-0.39, 0.29) is 23.0 Å². The summed E-state index contributed by atoms with van der Waals surface area (Å²) in [6.07, 6.45) is -0.0782. The van der Waals surface area contributed by atoms with Gasteiger partial charge in [-0.1, -0.05) is 44.2 Å². The molecule has 0 amide bonds. The number of aromatic nitrogens is 1. The van der Waals surface area contributed by atoms with Crippen LogP contribution in [0.3, 0.4) is 0 Å². The van der Waals surface area contributed by atoms with E-state index in [4.69, 9.17) is 9.47 Å². The highest BCUT2D eigenvalue weighted by Crippen LogP contribution is 2.32. The van der Waals surface area contributed by atoms with Crippen molar-refractivity contribution in [3.8, 4) is 11.5 Å². The zero-order valence-electron chi connectivity index (χ0n) is 13.2. The van der Waals surface area contributed by atoms with Gasteiger partial charge in [-0.15, -0.1) is 0 Å². The monoisotopic (exact) mass is 313 g/mol. The van der Waals surface area contributed by atoms with E-state index in [9.17, 15) is 9.59 Å². The number of carbonyl (C=O) groups is 1. The maximum absolute atomic E-state index is 12.1. The summed E-state index contributed by atoms with van der Waals surface area (Å²) in [6.45, 7) is 3.90. The number of nitrogens with one attached hydrogen (secondary N) is 1. The predicted molar refractivity (Wildman–Crippen MR) is 85.8 cm³/mol. The largest absolute Gasteiger partial charge is 0.444 e. The number of benzene rings is 1. The summed E-state index contributed by atoms with van der Waals surface area (Å²) in [7, 11) is 0. The maximum atomic E-state index is 12.1. The van der Waals surface area contributed by atoms with Gasteiger partial charge in [0.2, 0.25) is 11.5 Å². The summed E-state index contributed by atoms with van der Waals surface area (Å²) in [5.41, 5.74) is 1.43. The lowest BCUT2D eigenvalue weighted by Crippen LogP contribution is -2.30. The van der Waals surface area contributed by atoms with Gasteiger partial charge in [-0.2, -0.15) is 0 Å². The predicted octanol–water partition coefficient (Wildman–Crippen LogP) is 2.68. The number of carbonyl (C=O) groups excluding carboxylic acids is 1. The molecule has 5 nitrogen and oxygen atoms in total. The Bertz CT molecular complexity index is 764. The highest BCUT2D eigenvalue weighted by molar-refractivity contribution is 5.83. The number of ketones is 1. The van der Waals surface area contributed by atoms with E-state index in [0.717, 1.165) is 11.3 Å². The van der Waals surface area contributed by atoms with E-state index in [2.05, 4.69) is 4.98 Å². The molecule has 23 heavy (non-hydrogen) atoms. The smallest absolute Gasteiger partial charge is 0.301 e. The summed E-state index contributed by atoms with van der Waals surface area (Å²) in [4.78, 5) is 27.0. The number of pyridine rings is 1. The third-order valence-corrected chi connectivity index (χ3v) is 3.58. The van der Waals surface area contributed by atoms with Crippen molar-refractivity contribution in [2.75, 3.05) is 0 Å². The normalized spacial score (nSPS) is 15.9. The first-order chi connectivity index (χ1) is 11.0. The molecule has 1 aromatic heterocycles. The fourth-order valence-electron chi connectivity index (χ4n) is 2.56. The van der Waals surface area contributed by atoms with Crippen LogP contribution in [0, 0.1) is 5.92 Å². The fraction of sp³-hybridized carbons (Fsp3) is 0.333. The fourth-order valence-corrected chi connectivity index (χ4v) is 2.56. The summed E-state index contributed by atoms with van der Waals surface area (Å²) in [6, 6.07) is 11.5. The van der Waals surface area contributed by atoms with Gasteiger partial charge in [0.25, 0.3) is 5.56 Å². The molecule has 3 rings (SSSR count). The van der Waals surface area contributed by atoms with Crippen molar-refractivity contribution in [1.82, 2.24) is 4.98 Å². The lowest BCUT2D eigenvalue weighted by Gasteiger charge is -2.09. The minimum atomic E-state index is -1.01. The van der Waals surface area contributed by atoms with Gasteiger partial charge in [0.1, 0.15) is 0 Å². The first-order valence-electron chi connectivity index (χ1n) is 7.69. The molecule has 0 fully saturated rings. The number of Topliss-reactive ketones (excluding diaryl/α,β-unsaturated/α-hetero) is 1. The first kappa shape index (κ1) is 15.3.